The van der Waals surface area contributed by atoms with Crippen molar-refractivity contribution in [3.05, 3.63) is 33.9 Å². The molecule has 2 aliphatic carbocycles. The lowest BCUT2D eigenvalue weighted by atomic mass is 9.73. The third-order valence-corrected chi connectivity index (χ3v) is 7.89. The Kier molecular flexibility index (Phi) is 6.20. The van der Waals surface area contributed by atoms with Gasteiger partial charge in [0.1, 0.15) is 5.52 Å². The second-order valence-electron chi connectivity index (χ2n) is 9.69. The number of aromatic nitrogens is 4. The Morgan fingerprint density at radius 3 is 2.46 bits per heavy atom. The molecule has 2 saturated carbocycles. The van der Waals surface area contributed by atoms with Crippen molar-refractivity contribution in [3.63, 3.8) is 0 Å². The van der Waals surface area contributed by atoms with E-state index in [0.717, 1.165) is 25.7 Å². The highest BCUT2D eigenvalue weighted by Gasteiger charge is 2.37. The van der Waals surface area contributed by atoms with Crippen LogP contribution in [0.25, 0.3) is 11.2 Å². The molecule has 2 aliphatic rings. The highest BCUT2D eigenvalue weighted by molar-refractivity contribution is 6.39. The van der Waals surface area contributed by atoms with Crippen LogP contribution in [0.5, 0.6) is 0 Å². The lowest BCUT2D eigenvalue weighted by Gasteiger charge is -2.35. The Morgan fingerprint density at radius 1 is 1.20 bits per heavy atom. The average molecular weight is 513 g/mol. The van der Waals surface area contributed by atoms with Crippen molar-refractivity contribution in [2.24, 2.45) is 11.1 Å². The molecule has 0 radical (unpaired) electrons. The number of nitrogens with two attached hydrogens (primary N) is 1. The van der Waals surface area contributed by atoms with Crippen molar-refractivity contribution >= 4 is 57.9 Å². The smallest absolute Gasteiger partial charge is 0.224 e. The second kappa shape index (κ2) is 9.17. The molecule has 4 N–H and O–H groups in total. The molecule has 0 spiro atoms. The monoisotopic (exact) mass is 512 g/mol. The van der Waals surface area contributed by atoms with Gasteiger partial charge >= 0.3 is 0 Å². The van der Waals surface area contributed by atoms with Crippen molar-refractivity contribution in [3.8, 4) is 6.07 Å². The average Bonchev–Trinajstić information content (AvgIpc) is 3.16. The molecule has 2 heterocycles. The van der Waals surface area contributed by atoms with Gasteiger partial charge in [-0.25, -0.2) is 9.97 Å². The highest BCUT2D eigenvalue weighted by Crippen LogP contribution is 2.43. The summed E-state index contributed by atoms with van der Waals surface area (Å²) in [6, 6.07) is 5.60. The number of fused-ring (bicyclic) bond motifs is 1. The third kappa shape index (κ3) is 4.48. The van der Waals surface area contributed by atoms with E-state index < -0.39 is 5.41 Å². The third-order valence-electron chi connectivity index (χ3n) is 7.30. The maximum absolute atomic E-state index is 12.0. The van der Waals surface area contributed by atoms with Crippen molar-refractivity contribution in [1.82, 2.24) is 19.5 Å². The minimum Gasteiger partial charge on any atom is -0.369 e. The van der Waals surface area contributed by atoms with Crippen molar-refractivity contribution in [2.75, 3.05) is 10.6 Å². The van der Waals surface area contributed by atoms with Gasteiger partial charge in [0.05, 0.1) is 33.6 Å². The molecule has 0 unspecified atom stereocenters. The van der Waals surface area contributed by atoms with E-state index in [0.29, 0.717) is 63.2 Å². The summed E-state index contributed by atoms with van der Waals surface area (Å²) in [5.41, 5.74) is 7.31. The summed E-state index contributed by atoms with van der Waals surface area (Å²) in [6.07, 6.45) is 7.95. The highest BCUT2D eigenvalue weighted by atomic mass is 35.5. The molecule has 0 aliphatic heterocycles. The van der Waals surface area contributed by atoms with Crippen LogP contribution < -0.4 is 16.4 Å². The Bertz CT molecular complexity index is 1310. The SMILES string of the molecule is CC1(C(N)=O)CCC(n2c(Nc3c(Cl)cc(C#N)cc3Cl)nc3cnc(NC4CCC4)nc32)CC1. The van der Waals surface area contributed by atoms with Crippen LogP contribution in [-0.4, -0.2) is 31.5 Å². The Balaban J connectivity index is 1.55. The maximum Gasteiger partial charge on any atom is 0.224 e. The number of anilines is 3. The molecule has 0 atom stereocenters. The lowest BCUT2D eigenvalue weighted by molar-refractivity contribution is -0.128. The van der Waals surface area contributed by atoms with E-state index in [2.05, 4.69) is 26.3 Å². The molecule has 1 aromatic carbocycles. The van der Waals surface area contributed by atoms with Gasteiger partial charge in [0, 0.05) is 17.5 Å². The van der Waals surface area contributed by atoms with Crippen LogP contribution in [-0.2, 0) is 4.79 Å². The van der Waals surface area contributed by atoms with E-state index in [1.54, 1.807) is 18.3 Å². The molecule has 2 aromatic heterocycles. The summed E-state index contributed by atoms with van der Waals surface area (Å²) < 4.78 is 2.05. The summed E-state index contributed by atoms with van der Waals surface area (Å²) >= 11 is 12.9. The first-order chi connectivity index (χ1) is 16.8. The summed E-state index contributed by atoms with van der Waals surface area (Å²) in [6.45, 7) is 1.93. The molecule has 2 fully saturated rings. The van der Waals surface area contributed by atoms with Gasteiger partial charge in [0.15, 0.2) is 5.65 Å². The fourth-order valence-electron chi connectivity index (χ4n) is 4.74. The molecular weight excluding hydrogens is 487 g/mol. The molecule has 35 heavy (non-hydrogen) atoms. The van der Waals surface area contributed by atoms with Crippen molar-refractivity contribution in [1.29, 1.82) is 5.26 Å². The first-order valence-corrected chi connectivity index (χ1v) is 12.5. The van der Waals surface area contributed by atoms with Crippen molar-refractivity contribution in [2.45, 2.75) is 64.0 Å². The number of benzene rings is 1. The second-order valence-corrected chi connectivity index (χ2v) is 10.5. The maximum atomic E-state index is 12.0. The van der Waals surface area contributed by atoms with Crippen LogP contribution in [0.15, 0.2) is 18.3 Å². The number of carbonyl (C=O) groups is 1. The van der Waals surface area contributed by atoms with Crippen LogP contribution >= 0.6 is 23.2 Å². The number of amides is 1. The molecule has 11 heteroatoms. The number of primary amides is 1. The van der Waals surface area contributed by atoms with E-state index in [4.69, 9.17) is 38.9 Å². The van der Waals surface area contributed by atoms with Crippen LogP contribution in [0, 0.1) is 16.7 Å². The number of hydrogen-bond donors (Lipinski definition) is 3. The largest absolute Gasteiger partial charge is 0.369 e. The number of nitrogens with one attached hydrogen (secondary N) is 2. The molecule has 9 nitrogen and oxygen atoms in total. The summed E-state index contributed by atoms with van der Waals surface area (Å²) in [7, 11) is 0. The standard InChI is InChI=1S/C24H26Cl2N8O/c1-24(21(28)35)7-5-15(6-8-24)34-20-18(12-29-22(33-20)30-14-3-2-4-14)31-23(34)32-19-16(25)9-13(11-27)10-17(19)26/h9-10,12,14-15H,2-8H2,1H3,(H2,28,35)(H,31,32)(H,29,30,33). The first-order valence-electron chi connectivity index (χ1n) is 11.7. The number of carbonyl (C=O) groups excluding carboxylic acids is 1. The zero-order valence-corrected chi connectivity index (χ0v) is 20.8. The molecule has 0 bridgehead atoms. The van der Waals surface area contributed by atoms with Gasteiger partial charge in [-0.05, 0) is 57.1 Å². The number of nitriles is 1. The quantitative estimate of drug-likeness (QED) is 0.406. The van der Waals surface area contributed by atoms with E-state index in [-0.39, 0.29) is 11.9 Å². The van der Waals surface area contributed by atoms with E-state index in [1.807, 2.05) is 6.92 Å². The van der Waals surface area contributed by atoms with Gasteiger partial charge in [0.2, 0.25) is 17.8 Å². The zero-order chi connectivity index (χ0) is 24.7. The van der Waals surface area contributed by atoms with Gasteiger partial charge in [-0.2, -0.15) is 10.2 Å². The fourth-order valence-corrected chi connectivity index (χ4v) is 5.32. The molecule has 0 saturated heterocycles. The predicted molar refractivity (Wildman–Crippen MR) is 136 cm³/mol. The summed E-state index contributed by atoms with van der Waals surface area (Å²) in [4.78, 5) is 26.0. The van der Waals surface area contributed by atoms with E-state index in [9.17, 15) is 10.1 Å². The van der Waals surface area contributed by atoms with Crippen LogP contribution in [0.4, 0.5) is 17.6 Å². The van der Waals surface area contributed by atoms with E-state index >= 15 is 0 Å². The first kappa shape index (κ1) is 23.6. The van der Waals surface area contributed by atoms with Gasteiger partial charge in [0.25, 0.3) is 0 Å². The number of imidazole rings is 1. The van der Waals surface area contributed by atoms with Gasteiger partial charge < -0.3 is 16.4 Å². The molecular formula is C24H26Cl2N8O. The predicted octanol–water partition coefficient (Wildman–Crippen LogP) is 5.32. The summed E-state index contributed by atoms with van der Waals surface area (Å²) in [5.74, 6) is 0.827. The van der Waals surface area contributed by atoms with E-state index in [1.165, 1.54) is 6.42 Å². The Morgan fingerprint density at radius 2 is 1.89 bits per heavy atom. The molecule has 182 valence electrons. The Labute approximate surface area is 213 Å². The minimum atomic E-state index is -0.522. The fraction of sp³-hybridized carbons (Fsp3) is 0.458. The number of hydrogen-bond acceptors (Lipinski definition) is 7. The van der Waals surface area contributed by atoms with Gasteiger partial charge in [-0.3, -0.25) is 9.36 Å². The summed E-state index contributed by atoms with van der Waals surface area (Å²) in [5, 5.41) is 16.5. The molecule has 3 aromatic rings. The Hall–Kier alpha value is -3.09. The molecule has 1 amide bonds. The molecule has 5 rings (SSSR count). The minimum absolute atomic E-state index is 0.0392. The van der Waals surface area contributed by atoms with Gasteiger partial charge in [-0.1, -0.05) is 30.1 Å². The number of halogens is 2. The van der Waals surface area contributed by atoms with Gasteiger partial charge in [-0.15, -0.1) is 0 Å². The topological polar surface area (TPSA) is 135 Å². The number of nitrogens with zero attached hydrogens (tertiary/aromatic N) is 5. The normalized spacial score (nSPS) is 22.4. The van der Waals surface area contributed by atoms with Crippen molar-refractivity contribution < 1.29 is 4.79 Å². The zero-order valence-electron chi connectivity index (χ0n) is 19.3. The number of rotatable bonds is 6. The van der Waals surface area contributed by atoms with Crippen LogP contribution in [0.1, 0.15) is 63.5 Å². The lowest BCUT2D eigenvalue weighted by Crippen LogP contribution is -2.38. The van der Waals surface area contributed by atoms with Crippen LogP contribution in [0.3, 0.4) is 0 Å². The van der Waals surface area contributed by atoms with Crippen LogP contribution in [0.2, 0.25) is 10.0 Å².